The minimum absolute atomic E-state index is 0.121. The number of fused-ring (bicyclic) bond motifs is 1. The molecule has 8 nitrogen and oxygen atoms in total. The Morgan fingerprint density at radius 3 is 2.76 bits per heavy atom. The van der Waals surface area contributed by atoms with Gasteiger partial charge in [-0.3, -0.25) is 4.79 Å². The first-order valence-corrected chi connectivity index (χ1v) is 9.50. The number of hydrogen-bond acceptors (Lipinski definition) is 9. The van der Waals surface area contributed by atoms with Gasteiger partial charge in [-0.05, 0) is 56.0 Å². The van der Waals surface area contributed by atoms with E-state index in [0.717, 1.165) is 11.8 Å². The molecular formula is C20H16NO7S-. The van der Waals surface area contributed by atoms with E-state index >= 15 is 0 Å². The highest BCUT2D eigenvalue weighted by Crippen LogP contribution is 2.34. The molecule has 2 aromatic heterocycles. The highest BCUT2D eigenvalue weighted by atomic mass is 32.2. The molecule has 1 aromatic carbocycles. The highest BCUT2D eigenvalue weighted by molar-refractivity contribution is 8.17. The molecule has 29 heavy (non-hydrogen) atoms. The first-order valence-electron chi connectivity index (χ1n) is 8.69. The normalized spacial score (nSPS) is 15.6. The fourth-order valence-electron chi connectivity index (χ4n) is 2.94. The van der Waals surface area contributed by atoms with Crippen LogP contribution in [0.25, 0.3) is 22.5 Å². The van der Waals surface area contributed by atoms with Crippen LogP contribution in [0.2, 0.25) is 0 Å². The van der Waals surface area contributed by atoms with E-state index in [1.54, 1.807) is 37.3 Å². The Balaban J connectivity index is 1.58. The summed E-state index contributed by atoms with van der Waals surface area (Å²) in [6.07, 6.45) is 1.56. The Bertz CT molecular complexity index is 1210. The monoisotopic (exact) mass is 414 g/mol. The number of aromatic hydroxyl groups is 1. The van der Waals surface area contributed by atoms with E-state index in [4.69, 9.17) is 13.6 Å². The number of hydroxylamine groups is 2. The Labute approximate surface area is 168 Å². The average molecular weight is 414 g/mol. The van der Waals surface area contributed by atoms with Crippen molar-refractivity contribution in [3.8, 4) is 23.0 Å². The Kier molecular flexibility index (Phi) is 4.85. The number of nitrogens with zero attached hydrogens (tertiary/aromatic N) is 1. The second-order valence-electron chi connectivity index (χ2n) is 6.49. The molecule has 0 spiro atoms. The van der Waals surface area contributed by atoms with Crippen LogP contribution in [0.5, 0.6) is 11.5 Å². The third-order valence-corrected chi connectivity index (χ3v) is 5.44. The number of ether oxygens (including phenoxy) is 1. The molecule has 1 fully saturated rings. The first kappa shape index (κ1) is 19.2. The summed E-state index contributed by atoms with van der Waals surface area (Å²) in [5, 5.41) is 23.1. The maximum absolute atomic E-state index is 11.9. The van der Waals surface area contributed by atoms with E-state index in [2.05, 4.69) is 0 Å². The van der Waals surface area contributed by atoms with E-state index in [9.17, 15) is 19.9 Å². The lowest BCUT2D eigenvalue weighted by Crippen LogP contribution is -2.11. The second-order valence-corrected chi connectivity index (χ2v) is 7.57. The predicted molar refractivity (Wildman–Crippen MR) is 108 cm³/mol. The SMILES string of the molecule is Cc1c(-c2cc3cc(OCC=C4SC(=O)CN4[O-])ccc3o2)oc(=O)c(C)c1O. The summed E-state index contributed by atoms with van der Waals surface area (Å²) in [6, 6.07) is 6.83. The van der Waals surface area contributed by atoms with Crippen molar-refractivity contribution in [3.05, 3.63) is 62.1 Å². The summed E-state index contributed by atoms with van der Waals surface area (Å²) in [5.41, 5.74) is 0.479. The molecule has 0 saturated carbocycles. The van der Waals surface area contributed by atoms with Crippen LogP contribution in [0.15, 0.2) is 49.0 Å². The Morgan fingerprint density at radius 1 is 1.24 bits per heavy atom. The number of hydrogen-bond donors (Lipinski definition) is 1. The first-order chi connectivity index (χ1) is 13.8. The number of carbonyl (C=O) groups excluding carboxylic acids is 1. The molecule has 4 rings (SSSR count). The summed E-state index contributed by atoms with van der Waals surface area (Å²) >= 11 is 0.901. The van der Waals surface area contributed by atoms with E-state index in [1.807, 2.05) is 0 Å². The molecule has 1 N–H and O–H groups in total. The van der Waals surface area contributed by atoms with Gasteiger partial charge in [0.2, 0.25) is 5.12 Å². The van der Waals surface area contributed by atoms with Gasteiger partial charge in [0, 0.05) is 10.9 Å². The maximum Gasteiger partial charge on any atom is 0.343 e. The molecule has 3 aromatic rings. The fraction of sp³-hybridized carbons (Fsp3) is 0.200. The number of thioether (sulfide) groups is 1. The van der Waals surface area contributed by atoms with Gasteiger partial charge in [-0.1, -0.05) is 0 Å². The number of rotatable bonds is 4. The summed E-state index contributed by atoms with van der Waals surface area (Å²) < 4.78 is 16.7. The second kappa shape index (κ2) is 7.34. The Morgan fingerprint density at radius 2 is 2.03 bits per heavy atom. The highest BCUT2D eigenvalue weighted by Gasteiger charge is 2.19. The molecule has 0 bridgehead atoms. The van der Waals surface area contributed by atoms with Gasteiger partial charge in [-0.15, -0.1) is 0 Å². The van der Waals surface area contributed by atoms with Gasteiger partial charge < -0.3 is 28.9 Å². The van der Waals surface area contributed by atoms with E-state index in [0.29, 0.717) is 38.1 Å². The zero-order chi connectivity index (χ0) is 20.7. The van der Waals surface area contributed by atoms with Gasteiger partial charge in [-0.25, -0.2) is 4.79 Å². The van der Waals surface area contributed by atoms with Gasteiger partial charge in [0.1, 0.15) is 23.7 Å². The largest absolute Gasteiger partial charge is 0.758 e. The lowest BCUT2D eigenvalue weighted by Gasteiger charge is -2.23. The maximum atomic E-state index is 11.9. The molecule has 1 saturated heterocycles. The smallest absolute Gasteiger partial charge is 0.343 e. The van der Waals surface area contributed by atoms with Crippen LogP contribution < -0.4 is 10.4 Å². The standard InChI is InChI=1S/C20H16NO7S/c1-10-18(23)11(2)20(24)28-19(10)15-8-12-7-13(3-4-14(12)27-15)26-6-5-16-21(25)9-17(22)29-16/h3-5,7-8,23H,6,9H2,1-2H3/q-1. The van der Waals surface area contributed by atoms with Gasteiger partial charge in [0.25, 0.3) is 0 Å². The summed E-state index contributed by atoms with van der Waals surface area (Å²) in [7, 11) is 0. The zero-order valence-corrected chi connectivity index (χ0v) is 16.4. The van der Waals surface area contributed by atoms with Gasteiger partial charge in [0.15, 0.2) is 11.5 Å². The van der Waals surface area contributed by atoms with Crippen molar-refractivity contribution in [2.75, 3.05) is 13.2 Å². The lowest BCUT2D eigenvalue weighted by atomic mass is 10.1. The zero-order valence-electron chi connectivity index (χ0n) is 15.6. The molecule has 150 valence electrons. The van der Waals surface area contributed by atoms with Crippen LogP contribution in [0, 0.1) is 19.1 Å². The van der Waals surface area contributed by atoms with Crippen LogP contribution in [-0.4, -0.2) is 28.4 Å². The van der Waals surface area contributed by atoms with E-state index < -0.39 is 5.63 Å². The topological polar surface area (TPSA) is 116 Å². The minimum atomic E-state index is -0.628. The van der Waals surface area contributed by atoms with Crippen molar-refractivity contribution in [2.24, 2.45) is 0 Å². The summed E-state index contributed by atoms with van der Waals surface area (Å²) in [5.74, 6) is 0.898. The van der Waals surface area contributed by atoms with E-state index in [1.165, 1.54) is 6.92 Å². The molecule has 9 heteroatoms. The van der Waals surface area contributed by atoms with Gasteiger partial charge in [-0.2, -0.15) is 0 Å². The minimum Gasteiger partial charge on any atom is -0.758 e. The molecule has 0 atom stereocenters. The summed E-state index contributed by atoms with van der Waals surface area (Å²) in [6.45, 7) is 3.11. The van der Waals surface area contributed by atoms with E-state index in [-0.39, 0.29) is 35.3 Å². The molecule has 1 aliphatic heterocycles. The van der Waals surface area contributed by atoms with Gasteiger partial charge >= 0.3 is 5.63 Å². The number of furan rings is 1. The number of benzene rings is 1. The summed E-state index contributed by atoms with van der Waals surface area (Å²) in [4.78, 5) is 23.1. The van der Waals surface area contributed by atoms with Crippen molar-refractivity contribution in [3.63, 3.8) is 0 Å². The van der Waals surface area contributed by atoms with Crippen molar-refractivity contribution >= 4 is 27.8 Å². The van der Waals surface area contributed by atoms with Crippen molar-refractivity contribution < 1.29 is 23.5 Å². The van der Waals surface area contributed by atoms with Crippen molar-refractivity contribution in [1.29, 1.82) is 0 Å². The fourth-order valence-corrected chi connectivity index (χ4v) is 3.67. The van der Waals surface area contributed by atoms with Crippen molar-refractivity contribution in [1.82, 2.24) is 5.06 Å². The molecule has 1 aliphatic rings. The van der Waals surface area contributed by atoms with Crippen LogP contribution >= 0.6 is 11.8 Å². The lowest BCUT2D eigenvalue weighted by molar-refractivity contribution is -0.110. The molecule has 0 unspecified atom stereocenters. The quantitative estimate of drug-likeness (QED) is 0.682. The third kappa shape index (κ3) is 3.62. The van der Waals surface area contributed by atoms with Crippen LogP contribution in [0.4, 0.5) is 0 Å². The average Bonchev–Trinajstić information content (AvgIpc) is 3.25. The predicted octanol–water partition coefficient (Wildman–Crippen LogP) is 3.67. The van der Waals surface area contributed by atoms with Crippen LogP contribution in [0.3, 0.4) is 0 Å². The molecule has 0 amide bonds. The molecule has 3 heterocycles. The van der Waals surface area contributed by atoms with Crippen molar-refractivity contribution in [2.45, 2.75) is 13.8 Å². The molecule has 0 radical (unpaired) electrons. The third-order valence-electron chi connectivity index (χ3n) is 4.51. The molecule has 0 aliphatic carbocycles. The molecular weight excluding hydrogens is 398 g/mol. The van der Waals surface area contributed by atoms with Crippen LogP contribution in [-0.2, 0) is 4.79 Å². The van der Waals surface area contributed by atoms with Gasteiger partial charge in [0.05, 0.1) is 17.1 Å². The number of carbonyl (C=O) groups is 1. The Hall–Kier alpha value is -3.17. The van der Waals surface area contributed by atoms with Crippen LogP contribution in [0.1, 0.15) is 11.1 Å².